The van der Waals surface area contributed by atoms with E-state index in [1.165, 1.54) is 0 Å². The number of carbonyl (C=O) groups is 1. The standard InChI is InChI=1S/C17H22N2O2/c1-2-15(20)10-11-18-17(21)16-9-6-12-19(16)13-14-7-4-3-5-8-14/h3-9,12,15,20H,2,10-11,13H2,1H3,(H,18,21). The number of hydrogen-bond acceptors (Lipinski definition) is 2. The summed E-state index contributed by atoms with van der Waals surface area (Å²) in [6, 6.07) is 13.7. The van der Waals surface area contributed by atoms with Gasteiger partial charge < -0.3 is 15.0 Å². The SMILES string of the molecule is CCC(O)CCNC(=O)c1cccn1Cc1ccccc1. The zero-order valence-electron chi connectivity index (χ0n) is 12.3. The summed E-state index contributed by atoms with van der Waals surface area (Å²) >= 11 is 0. The van der Waals surface area contributed by atoms with Crippen LogP contribution in [0.3, 0.4) is 0 Å². The highest BCUT2D eigenvalue weighted by Gasteiger charge is 2.11. The van der Waals surface area contributed by atoms with E-state index in [0.29, 0.717) is 31.6 Å². The number of hydrogen-bond donors (Lipinski definition) is 2. The molecule has 1 unspecified atom stereocenters. The molecule has 1 aromatic carbocycles. The average molecular weight is 286 g/mol. The summed E-state index contributed by atoms with van der Waals surface area (Å²) in [6.07, 6.45) is 2.85. The first-order chi connectivity index (χ1) is 10.2. The molecule has 2 N–H and O–H groups in total. The van der Waals surface area contributed by atoms with Crippen LogP contribution in [-0.4, -0.2) is 28.2 Å². The molecule has 0 spiro atoms. The van der Waals surface area contributed by atoms with Gasteiger partial charge in [0.25, 0.3) is 5.91 Å². The molecule has 2 rings (SSSR count). The maximum Gasteiger partial charge on any atom is 0.267 e. The predicted molar refractivity (Wildman–Crippen MR) is 83.2 cm³/mol. The van der Waals surface area contributed by atoms with Gasteiger partial charge in [-0.15, -0.1) is 0 Å². The molecule has 112 valence electrons. The molecule has 0 bridgehead atoms. The van der Waals surface area contributed by atoms with Crippen LogP contribution in [0.15, 0.2) is 48.7 Å². The van der Waals surface area contributed by atoms with Crippen molar-refractivity contribution >= 4 is 5.91 Å². The second-order valence-corrected chi connectivity index (χ2v) is 5.11. The lowest BCUT2D eigenvalue weighted by atomic mass is 10.2. The lowest BCUT2D eigenvalue weighted by Crippen LogP contribution is -2.28. The van der Waals surface area contributed by atoms with Gasteiger partial charge >= 0.3 is 0 Å². The number of benzene rings is 1. The minimum absolute atomic E-state index is 0.0979. The number of nitrogens with one attached hydrogen (secondary N) is 1. The number of nitrogens with zero attached hydrogens (tertiary/aromatic N) is 1. The van der Waals surface area contributed by atoms with Crippen LogP contribution in [-0.2, 0) is 6.54 Å². The molecular formula is C17H22N2O2. The van der Waals surface area contributed by atoms with Crippen molar-refractivity contribution in [3.8, 4) is 0 Å². The molecule has 21 heavy (non-hydrogen) atoms. The maximum absolute atomic E-state index is 12.2. The van der Waals surface area contributed by atoms with Crippen LogP contribution in [0.4, 0.5) is 0 Å². The highest BCUT2D eigenvalue weighted by atomic mass is 16.3. The third-order valence-corrected chi connectivity index (χ3v) is 3.49. The summed E-state index contributed by atoms with van der Waals surface area (Å²) in [6.45, 7) is 3.09. The quantitative estimate of drug-likeness (QED) is 0.821. The van der Waals surface area contributed by atoms with E-state index in [4.69, 9.17) is 0 Å². The number of rotatable bonds is 7. The molecule has 0 radical (unpaired) electrons. The predicted octanol–water partition coefficient (Wildman–Crippen LogP) is 2.43. The van der Waals surface area contributed by atoms with E-state index in [0.717, 1.165) is 5.56 Å². The Morgan fingerprint density at radius 1 is 1.24 bits per heavy atom. The van der Waals surface area contributed by atoms with Crippen molar-refractivity contribution in [3.05, 3.63) is 59.9 Å². The number of aromatic nitrogens is 1. The number of carbonyl (C=O) groups excluding carboxylic acids is 1. The fourth-order valence-electron chi connectivity index (χ4n) is 2.19. The van der Waals surface area contributed by atoms with Crippen LogP contribution in [0.5, 0.6) is 0 Å². The van der Waals surface area contributed by atoms with Gasteiger partial charge in [0.05, 0.1) is 6.10 Å². The van der Waals surface area contributed by atoms with E-state index in [1.54, 1.807) is 0 Å². The van der Waals surface area contributed by atoms with Gasteiger partial charge in [-0.25, -0.2) is 0 Å². The Bertz CT molecular complexity index is 563. The van der Waals surface area contributed by atoms with Gasteiger partial charge in [-0.3, -0.25) is 4.79 Å². The topological polar surface area (TPSA) is 54.3 Å². The molecule has 4 nitrogen and oxygen atoms in total. The molecule has 1 aromatic heterocycles. The molecule has 2 aromatic rings. The van der Waals surface area contributed by atoms with Crippen LogP contribution in [0.2, 0.25) is 0 Å². The van der Waals surface area contributed by atoms with Gasteiger partial charge in [0.2, 0.25) is 0 Å². The van der Waals surface area contributed by atoms with E-state index in [-0.39, 0.29) is 12.0 Å². The van der Waals surface area contributed by atoms with Crippen LogP contribution in [0.25, 0.3) is 0 Å². The summed E-state index contributed by atoms with van der Waals surface area (Å²) in [5.74, 6) is -0.0979. The lowest BCUT2D eigenvalue weighted by molar-refractivity contribution is 0.0933. The zero-order chi connectivity index (χ0) is 15.1. The van der Waals surface area contributed by atoms with Crippen LogP contribution < -0.4 is 5.32 Å². The summed E-state index contributed by atoms with van der Waals surface area (Å²) < 4.78 is 1.93. The zero-order valence-corrected chi connectivity index (χ0v) is 12.3. The van der Waals surface area contributed by atoms with E-state index in [9.17, 15) is 9.90 Å². The number of aliphatic hydroxyl groups is 1. The molecule has 0 fully saturated rings. The fraction of sp³-hybridized carbons (Fsp3) is 0.353. The Kier molecular flexibility index (Phi) is 5.58. The highest BCUT2D eigenvalue weighted by Crippen LogP contribution is 2.08. The molecule has 1 atom stereocenters. The second kappa shape index (κ2) is 7.64. The Morgan fingerprint density at radius 3 is 2.71 bits per heavy atom. The third kappa shape index (κ3) is 4.46. The number of amides is 1. The van der Waals surface area contributed by atoms with Crippen LogP contribution >= 0.6 is 0 Å². The first-order valence-electron chi connectivity index (χ1n) is 7.36. The van der Waals surface area contributed by atoms with Gasteiger partial charge in [-0.2, -0.15) is 0 Å². The molecule has 0 aliphatic heterocycles. The Hall–Kier alpha value is -2.07. The summed E-state index contributed by atoms with van der Waals surface area (Å²) in [5, 5.41) is 12.4. The molecule has 0 saturated carbocycles. The maximum atomic E-state index is 12.2. The monoisotopic (exact) mass is 286 g/mol. The van der Waals surface area contributed by atoms with E-state index in [1.807, 2.05) is 60.2 Å². The normalized spacial score (nSPS) is 12.1. The molecule has 1 heterocycles. The minimum Gasteiger partial charge on any atom is -0.393 e. The van der Waals surface area contributed by atoms with Crippen molar-refractivity contribution in [2.75, 3.05) is 6.54 Å². The smallest absolute Gasteiger partial charge is 0.267 e. The van der Waals surface area contributed by atoms with Crippen LogP contribution in [0, 0.1) is 0 Å². The summed E-state index contributed by atoms with van der Waals surface area (Å²) in [5.41, 5.74) is 1.80. The molecule has 4 heteroatoms. The lowest BCUT2D eigenvalue weighted by Gasteiger charge is -2.11. The van der Waals surface area contributed by atoms with Crippen LogP contribution in [0.1, 0.15) is 35.8 Å². The van der Waals surface area contributed by atoms with Gasteiger partial charge in [0.1, 0.15) is 5.69 Å². The Morgan fingerprint density at radius 2 is 2.00 bits per heavy atom. The molecular weight excluding hydrogens is 264 g/mol. The van der Waals surface area contributed by atoms with E-state index in [2.05, 4.69) is 5.32 Å². The second-order valence-electron chi connectivity index (χ2n) is 5.11. The minimum atomic E-state index is -0.346. The average Bonchev–Trinajstić information content (AvgIpc) is 2.96. The van der Waals surface area contributed by atoms with Crippen molar-refractivity contribution in [2.45, 2.75) is 32.4 Å². The largest absolute Gasteiger partial charge is 0.393 e. The molecule has 0 aliphatic rings. The van der Waals surface area contributed by atoms with Crippen molar-refractivity contribution < 1.29 is 9.90 Å². The fourth-order valence-corrected chi connectivity index (χ4v) is 2.19. The summed E-state index contributed by atoms with van der Waals surface area (Å²) in [7, 11) is 0. The van der Waals surface area contributed by atoms with Gasteiger partial charge in [0, 0.05) is 19.3 Å². The van der Waals surface area contributed by atoms with Gasteiger partial charge in [-0.05, 0) is 30.5 Å². The molecule has 1 amide bonds. The van der Waals surface area contributed by atoms with Crippen molar-refractivity contribution in [1.82, 2.24) is 9.88 Å². The number of aliphatic hydroxyl groups excluding tert-OH is 1. The Labute approximate surface area is 125 Å². The Balaban J connectivity index is 1.94. The van der Waals surface area contributed by atoms with Crippen molar-refractivity contribution in [3.63, 3.8) is 0 Å². The van der Waals surface area contributed by atoms with Gasteiger partial charge in [0.15, 0.2) is 0 Å². The highest BCUT2D eigenvalue weighted by molar-refractivity contribution is 5.92. The molecule has 0 aliphatic carbocycles. The van der Waals surface area contributed by atoms with Crippen molar-refractivity contribution in [1.29, 1.82) is 0 Å². The third-order valence-electron chi connectivity index (χ3n) is 3.49. The first-order valence-corrected chi connectivity index (χ1v) is 7.36. The van der Waals surface area contributed by atoms with E-state index >= 15 is 0 Å². The molecule has 0 saturated heterocycles. The van der Waals surface area contributed by atoms with E-state index < -0.39 is 0 Å². The summed E-state index contributed by atoms with van der Waals surface area (Å²) in [4.78, 5) is 12.2. The van der Waals surface area contributed by atoms with Gasteiger partial charge in [-0.1, -0.05) is 37.3 Å². The first kappa shape index (κ1) is 15.3. The van der Waals surface area contributed by atoms with Crippen molar-refractivity contribution in [2.24, 2.45) is 0 Å².